The number of nitrogens with two attached hydrogens (primary N) is 1. The molecule has 0 spiro atoms. The minimum Gasteiger partial charge on any atom is -0.398 e. The van der Waals surface area contributed by atoms with E-state index in [4.69, 9.17) is 5.73 Å². The normalized spacial score (nSPS) is 10.8. The molecule has 5 nitrogen and oxygen atoms in total. The summed E-state index contributed by atoms with van der Waals surface area (Å²) < 4.78 is 0.856. The molecule has 0 radical (unpaired) electrons. The largest absolute Gasteiger partial charge is 0.398 e. The molecule has 0 aliphatic carbocycles. The van der Waals surface area contributed by atoms with Gasteiger partial charge >= 0.3 is 0 Å². The highest BCUT2D eigenvalue weighted by Gasteiger charge is 2.08. The number of hydrogen-bond acceptors (Lipinski definition) is 4. The quantitative estimate of drug-likeness (QED) is 0.635. The number of nitrogens with one attached hydrogen (secondary N) is 2. The van der Waals surface area contributed by atoms with Crippen molar-refractivity contribution in [3.8, 4) is 11.4 Å². The second-order valence-corrected chi connectivity index (χ2v) is 4.99. The number of nitrogen functional groups attached to an aromatic ring is 1. The molecule has 19 heavy (non-hydrogen) atoms. The molecule has 96 valence electrons. The van der Waals surface area contributed by atoms with E-state index in [-0.39, 0.29) is 0 Å². The molecule has 0 saturated heterocycles. The highest BCUT2D eigenvalue weighted by atomic mass is 79.9. The highest BCUT2D eigenvalue weighted by Crippen LogP contribution is 2.27. The van der Waals surface area contributed by atoms with Gasteiger partial charge < -0.3 is 16.0 Å². The maximum atomic E-state index is 5.78. The average Bonchev–Trinajstić information content (AvgIpc) is 2.84. The first kappa shape index (κ1) is 12.0. The fraction of sp³-hybridized carbons (Fsp3) is 0.0769. The number of hydrogen-bond donors (Lipinski definition) is 3. The molecule has 0 saturated carbocycles. The molecule has 1 aromatic carbocycles. The van der Waals surface area contributed by atoms with E-state index in [1.54, 1.807) is 0 Å². The Morgan fingerprint density at radius 2 is 2.05 bits per heavy atom. The zero-order chi connectivity index (χ0) is 13.4. The Morgan fingerprint density at radius 3 is 2.79 bits per heavy atom. The van der Waals surface area contributed by atoms with Crippen LogP contribution in [0.4, 0.5) is 11.5 Å². The molecule has 6 heteroatoms. The van der Waals surface area contributed by atoms with Crippen LogP contribution in [0, 0.1) is 0 Å². The number of nitrogens with zero attached hydrogens (tertiary/aromatic N) is 2. The minimum absolute atomic E-state index is 0.690. The molecular weight excluding hydrogens is 306 g/mol. The van der Waals surface area contributed by atoms with Crippen molar-refractivity contribution in [2.24, 2.45) is 0 Å². The van der Waals surface area contributed by atoms with E-state index >= 15 is 0 Å². The number of halogens is 1. The van der Waals surface area contributed by atoms with Gasteiger partial charge in [0.1, 0.15) is 11.6 Å². The Balaban J connectivity index is 2.11. The Hall–Kier alpha value is -2.08. The standard InChI is InChI=1S/C13H12BrN5/c1-16-11-5-4-10-13(18-11)19-12(17-10)7-2-3-9(15)8(14)6-7/h2-6H,15H2,1H3,(H2,16,17,18,19). The van der Waals surface area contributed by atoms with E-state index in [2.05, 4.69) is 36.2 Å². The second kappa shape index (κ2) is 4.55. The van der Waals surface area contributed by atoms with Crippen LogP contribution in [0.1, 0.15) is 0 Å². The van der Waals surface area contributed by atoms with Gasteiger partial charge in [0.15, 0.2) is 5.65 Å². The van der Waals surface area contributed by atoms with E-state index in [1.807, 2.05) is 37.4 Å². The van der Waals surface area contributed by atoms with Gasteiger partial charge in [-0.05, 0) is 46.3 Å². The van der Waals surface area contributed by atoms with E-state index in [1.165, 1.54) is 0 Å². The van der Waals surface area contributed by atoms with Crippen LogP contribution in [-0.4, -0.2) is 22.0 Å². The van der Waals surface area contributed by atoms with Crippen molar-refractivity contribution in [2.45, 2.75) is 0 Å². The van der Waals surface area contributed by atoms with Crippen LogP contribution in [0.25, 0.3) is 22.6 Å². The number of benzene rings is 1. The van der Waals surface area contributed by atoms with Gasteiger partial charge in [-0.15, -0.1) is 0 Å². The Bertz CT molecular complexity index is 750. The van der Waals surface area contributed by atoms with Crippen LogP contribution in [0.15, 0.2) is 34.8 Å². The molecule has 0 atom stereocenters. The van der Waals surface area contributed by atoms with Gasteiger partial charge in [0.2, 0.25) is 0 Å². The summed E-state index contributed by atoms with van der Waals surface area (Å²) >= 11 is 3.42. The summed E-state index contributed by atoms with van der Waals surface area (Å²) in [5.74, 6) is 1.57. The van der Waals surface area contributed by atoms with Gasteiger partial charge in [-0.3, -0.25) is 0 Å². The van der Waals surface area contributed by atoms with Crippen LogP contribution < -0.4 is 11.1 Å². The molecule has 2 aromatic heterocycles. The molecule has 0 bridgehead atoms. The molecule has 3 rings (SSSR count). The topological polar surface area (TPSA) is 79.6 Å². The van der Waals surface area contributed by atoms with Crippen molar-refractivity contribution >= 4 is 38.6 Å². The van der Waals surface area contributed by atoms with Crippen molar-refractivity contribution in [3.63, 3.8) is 0 Å². The highest BCUT2D eigenvalue weighted by molar-refractivity contribution is 9.10. The second-order valence-electron chi connectivity index (χ2n) is 4.14. The maximum absolute atomic E-state index is 5.78. The van der Waals surface area contributed by atoms with Gasteiger partial charge in [0, 0.05) is 22.8 Å². The number of rotatable bonds is 2. The van der Waals surface area contributed by atoms with E-state index < -0.39 is 0 Å². The summed E-state index contributed by atoms with van der Waals surface area (Å²) in [7, 11) is 1.83. The van der Waals surface area contributed by atoms with Crippen LogP contribution in [0.5, 0.6) is 0 Å². The molecule has 0 fully saturated rings. The molecule has 0 aliphatic heterocycles. The Labute approximate surface area is 118 Å². The molecule has 4 N–H and O–H groups in total. The lowest BCUT2D eigenvalue weighted by Crippen LogP contribution is -1.91. The summed E-state index contributed by atoms with van der Waals surface area (Å²) in [4.78, 5) is 12.1. The van der Waals surface area contributed by atoms with Crippen LogP contribution in [0.3, 0.4) is 0 Å². The zero-order valence-electron chi connectivity index (χ0n) is 10.2. The van der Waals surface area contributed by atoms with Gasteiger partial charge in [-0.25, -0.2) is 9.97 Å². The molecule has 0 aliphatic rings. The predicted octanol–water partition coefficient (Wildman–Crippen LogP) is 3.01. The summed E-state index contributed by atoms with van der Waals surface area (Å²) in [6.07, 6.45) is 0. The van der Waals surface area contributed by atoms with Crippen molar-refractivity contribution in [1.29, 1.82) is 0 Å². The molecule has 0 unspecified atom stereocenters. The first-order valence-electron chi connectivity index (χ1n) is 5.77. The zero-order valence-corrected chi connectivity index (χ0v) is 11.8. The van der Waals surface area contributed by atoms with E-state index in [9.17, 15) is 0 Å². The fourth-order valence-electron chi connectivity index (χ4n) is 1.84. The third kappa shape index (κ3) is 2.15. The van der Waals surface area contributed by atoms with Crippen LogP contribution >= 0.6 is 15.9 Å². The molecule has 0 amide bonds. The number of H-pyrrole nitrogens is 1. The van der Waals surface area contributed by atoms with Gasteiger partial charge in [-0.1, -0.05) is 0 Å². The first-order valence-corrected chi connectivity index (χ1v) is 6.56. The summed E-state index contributed by atoms with van der Waals surface area (Å²) in [5.41, 5.74) is 9.04. The first-order chi connectivity index (χ1) is 9.17. The fourth-order valence-corrected chi connectivity index (χ4v) is 2.22. The van der Waals surface area contributed by atoms with Crippen molar-refractivity contribution < 1.29 is 0 Å². The average molecular weight is 318 g/mol. The Kier molecular flexibility index (Phi) is 2.87. The minimum atomic E-state index is 0.690. The van der Waals surface area contributed by atoms with Gasteiger partial charge in [0.25, 0.3) is 0 Å². The molecule has 2 heterocycles. The molecule has 3 aromatic rings. The Morgan fingerprint density at radius 1 is 1.21 bits per heavy atom. The number of aromatic amines is 1. The summed E-state index contributed by atoms with van der Waals surface area (Å²) in [5, 5.41) is 3.00. The number of imidazole rings is 1. The number of aromatic nitrogens is 3. The lowest BCUT2D eigenvalue weighted by Gasteiger charge is -2.00. The van der Waals surface area contributed by atoms with Crippen molar-refractivity contribution in [2.75, 3.05) is 18.1 Å². The predicted molar refractivity (Wildman–Crippen MR) is 81.0 cm³/mol. The van der Waals surface area contributed by atoms with Gasteiger partial charge in [0.05, 0.1) is 5.52 Å². The lowest BCUT2D eigenvalue weighted by atomic mass is 10.2. The lowest BCUT2D eigenvalue weighted by molar-refractivity contribution is 1.28. The molecular formula is C13H12BrN5. The smallest absolute Gasteiger partial charge is 0.180 e. The number of fused-ring (bicyclic) bond motifs is 1. The number of pyridine rings is 1. The van der Waals surface area contributed by atoms with Crippen molar-refractivity contribution in [1.82, 2.24) is 15.0 Å². The van der Waals surface area contributed by atoms with Gasteiger partial charge in [-0.2, -0.15) is 0 Å². The SMILES string of the molecule is CNc1ccc2[nH]c(-c3ccc(N)c(Br)c3)nc2n1. The van der Waals surface area contributed by atoms with Crippen LogP contribution in [-0.2, 0) is 0 Å². The summed E-state index contributed by atoms with van der Waals surface area (Å²) in [6, 6.07) is 9.57. The number of anilines is 2. The maximum Gasteiger partial charge on any atom is 0.180 e. The third-order valence-electron chi connectivity index (χ3n) is 2.88. The monoisotopic (exact) mass is 317 g/mol. The third-order valence-corrected chi connectivity index (χ3v) is 3.56. The van der Waals surface area contributed by atoms with E-state index in [0.29, 0.717) is 11.3 Å². The summed E-state index contributed by atoms with van der Waals surface area (Å²) in [6.45, 7) is 0. The van der Waals surface area contributed by atoms with E-state index in [0.717, 1.165) is 27.2 Å². The van der Waals surface area contributed by atoms with Crippen molar-refractivity contribution in [3.05, 3.63) is 34.8 Å². The van der Waals surface area contributed by atoms with Crippen LogP contribution in [0.2, 0.25) is 0 Å².